The summed E-state index contributed by atoms with van der Waals surface area (Å²) in [4.78, 5) is 0. The summed E-state index contributed by atoms with van der Waals surface area (Å²) in [6.45, 7) is 3.02. The van der Waals surface area contributed by atoms with E-state index in [0.29, 0.717) is 6.04 Å². The second-order valence-electron chi connectivity index (χ2n) is 4.32. The van der Waals surface area contributed by atoms with Gasteiger partial charge in [-0.25, -0.2) is 0 Å². The average Bonchev–Trinajstić information content (AvgIpc) is 2.94. The van der Waals surface area contributed by atoms with Crippen LogP contribution in [0.3, 0.4) is 0 Å². The van der Waals surface area contributed by atoms with Gasteiger partial charge in [0.2, 0.25) is 0 Å². The van der Waals surface area contributed by atoms with Gasteiger partial charge in [-0.3, -0.25) is 9.36 Å². The lowest BCUT2D eigenvalue weighted by Crippen LogP contribution is -2.11. The SMILES string of the molecule is CNC(C)c1cnn(CCc2cnn(C)c2)c1. The van der Waals surface area contributed by atoms with Crippen molar-refractivity contribution in [3.8, 4) is 0 Å². The Hall–Kier alpha value is -1.62. The Bertz CT molecular complexity index is 471. The maximum absolute atomic E-state index is 4.36. The molecule has 0 aliphatic carbocycles. The first-order valence-electron chi connectivity index (χ1n) is 5.86. The quantitative estimate of drug-likeness (QED) is 0.842. The summed E-state index contributed by atoms with van der Waals surface area (Å²) >= 11 is 0. The molecule has 0 saturated carbocycles. The molecular formula is C12H19N5. The first-order chi connectivity index (χ1) is 8.19. The number of nitrogens with zero attached hydrogens (tertiary/aromatic N) is 4. The second kappa shape index (κ2) is 5.14. The summed E-state index contributed by atoms with van der Waals surface area (Å²) in [6, 6.07) is 0.349. The number of hydrogen-bond donors (Lipinski definition) is 1. The highest BCUT2D eigenvalue weighted by molar-refractivity contribution is 5.09. The first-order valence-corrected chi connectivity index (χ1v) is 5.86. The van der Waals surface area contributed by atoms with Crippen molar-refractivity contribution >= 4 is 0 Å². The van der Waals surface area contributed by atoms with Gasteiger partial charge in [-0.05, 0) is 26.0 Å². The Balaban J connectivity index is 1.93. The van der Waals surface area contributed by atoms with Gasteiger partial charge in [-0.2, -0.15) is 10.2 Å². The van der Waals surface area contributed by atoms with Crippen LogP contribution in [-0.2, 0) is 20.0 Å². The fourth-order valence-electron chi connectivity index (χ4n) is 1.74. The minimum Gasteiger partial charge on any atom is -0.313 e. The van der Waals surface area contributed by atoms with Crippen molar-refractivity contribution in [2.24, 2.45) is 7.05 Å². The van der Waals surface area contributed by atoms with E-state index in [-0.39, 0.29) is 0 Å². The van der Waals surface area contributed by atoms with E-state index >= 15 is 0 Å². The van der Waals surface area contributed by atoms with E-state index in [1.54, 1.807) is 0 Å². The lowest BCUT2D eigenvalue weighted by atomic mass is 10.2. The van der Waals surface area contributed by atoms with Crippen LogP contribution in [0.1, 0.15) is 24.1 Å². The third kappa shape index (κ3) is 2.94. The van der Waals surface area contributed by atoms with Crippen LogP contribution >= 0.6 is 0 Å². The third-order valence-corrected chi connectivity index (χ3v) is 2.97. The van der Waals surface area contributed by atoms with Crippen molar-refractivity contribution < 1.29 is 0 Å². The van der Waals surface area contributed by atoms with Crippen LogP contribution in [0.15, 0.2) is 24.8 Å². The summed E-state index contributed by atoms with van der Waals surface area (Å²) in [6.07, 6.45) is 8.92. The van der Waals surface area contributed by atoms with Crippen LogP contribution in [0.5, 0.6) is 0 Å². The molecule has 5 nitrogen and oxygen atoms in total. The van der Waals surface area contributed by atoms with Gasteiger partial charge < -0.3 is 5.32 Å². The Morgan fingerprint density at radius 1 is 1.29 bits per heavy atom. The molecule has 2 aromatic heterocycles. The van der Waals surface area contributed by atoms with Gasteiger partial charge in [0.1, 0.15) is 0 Å². The largest absolute Gasteiger partial charge is 0.313 e. The van der Waals surface area contributed by atoms with Crippen molar-refractivity contribution in [3.63, 3.8) is 0 Å². The fourth-order valence-corrected chi connectivity index (χ4v) is 1.74. The summed E-state index contributed by atoms with van der Waals surface area (Å²) in [7, 11) is 3.89. The molecule has 17 heavy (non-hydrogen) atoms. The zero-order valence-corrected chi connectivity index (χ0v) is 10.6. The standard InChI is InChI=1S/C12H19N5/c1-10(13-2)12-7-15-17(9-12)5-4-11-6-14-16(3)8-11/h6-10,13H,4-5H2,1-3H3. The monoisotopic (exact) mass is 233 g/mol. The fraction of sp³-hybridized carbons (Fsp3) is 0.500. The molecule has 2 heterocycles. The highest BCUT2D eigenvalue weighted by atomic mass is 15.3. The molecule has 92 valence electrons. The highest BCUT2D eigenvalue weighted by Gasteiger charge is 2.05. The van der Waals surface area contributed by atoms with Gasteiger partial charge in [0.25, 0.3) is 0 Å². The van der Waals surface area contributed by atoms with E-state index in [1.807, 2.05) is 42.0 Å². The molecule has 0 saturated heterocycles. The second-order valence-corrected chi connectivity index (χ2v) is 4.32. The third-order valence-electron chi connectivity index (χ3n) is 2.97. The van der Waals surface area contributed by atoms with Gasteiger partial charge >= 0.3 is 0 Å². The average molecular weight is 233 g/mol. The Morgan fingerprint density at radius 3 is 2.76 bits per heavy atom. The number of rotatable bonds is 5. The van der Waals surface area contributed by atoms with Crippen LogP contribution in [-0.4, -0.2) is 26.6 Å². The van der Waals surface area contributed by atoms with Crippen LogP contribution < -0.4 is 5.32 Å². The molecule has 0 aliphatic rings. The first kappa shape index (κ1) is 11.9. The molecule has 0 aromatic carbocycles. The molecule has 0 fully saturated rings. The molecule has 1 N–H and O–H groups in total. The predicted octanol–water partition coefficient (Wildman–Crippen LogP) is 1.14. The Kier molecular flexibility index (Phi) is 3.58. The normalized spacial score (nSPS) is 12.9. The van der Waals surface area contributed by atoms with Crippen molar-refractivity contribution in [2.75, 3.05) is 7.05 Å². The van der Waals surface area contributed by atoms with E-state index < -0.39 is 0 Å². The van der Waals surface area contributed by atoms with Crippen molar-refractivity contribution in [2.45, 2.75) is 25.9 Å². The minimum absolute atomic E-state index is 0.349. The maximum atomic E-state index is 4.36. The van der Waals surface area contributed by atoms with Crippen molar-refractivity contribution in [1.29, 1.82) is 0 Å². The Labute approximate surface area is 101 Å². The number of nitrogens with one attached hydrogen (secondary N) is 1. The summed E-state index contributed by atoms with van der Waals surface area (Å²) in [5, 5.41) is 11.7. The summed E-state index contributed by atoms with van der Waals surface area (Å²) < 4.78 is 3.81. The lowest BCUT2D eigenvalue weighted by Gasteiger charge is -2.05. The van der Waals surface area contributed by atoms with E-state index in [4.69, 9.17) is 0 Å². The number of aryl methyl sites for hydroxylation is 3. The molecule has 2 rings (SSSR count). The minimum atomic E-state index is 0.349. The molecule has 1 atom stereocenters. The van der Waals surface area contributed by atoms with Crippen LogP contribution in [0, 0.1) is 0 Å². The lowest BCUT2D eigenvalue weighted by molar-refractivity contribution is 0.609. The summed E-state index contributed by atoms with van der Waals surface area (Å²) in [5.74, 6) is 0. The van der Waals surface area contributed by atoms with Crippen LogP contribution in [0.25, 0.3) is 0 Å². The van der Waals surface area contributed by atoms with Gasteiger partial charge in [0.05, 0.1) is 12.4 Å². The van der Waals surface area contributed by atoms with Crippen molar-refractivity contribution in [3.05, 3.63) is 35.9 Å². The predicted molar refractivity (Wildman–Crippen MR) is 66.6 cm³/mol. The zero-order valence-electron chi connectivity index (χ0n) is 10.6. The highest BCUT2D eigenvalue weighted by Crippen LogP contribution is 2.10. The summed E-state index contributed by atoms with van der Waals surface area (Å²) in [5.41, 5.74) is 2.46. The number of aromatic nitrogens is 4. The van der Waals surface area contributed by atoms with E-state index in [1.165, 1.54) is 11.1 Å². The number of hydrogen-bond acceptors (Lipinski definition) is 3. The van der Waals surface area contributed by atoms with E-state index in [0.717, 1.165) is 13.0 Å². The van der Waals surface area contributed by atoms with Crippen LogP contribution in [0.2, 0.25) is 0 Å². The van der Waals surface area contributed by atoms with Gasteiger partial charge in [-0.1, -0.05) is 0 Å². The molecule has 2 aromatic rings. The zero-order chi connectivity index (χ0) is 12.3. The van der Waals surface area contributed by atoms with E-state index in [2.05, 4.69) is 28.6 Å². The van der Waals surface area contributed by atoms with Gasteiger partial charge in [0, 0.05) is 37.6 Å². The molecule has 5 heteroatoms. The molecule has 0 spiro atoms. The van der Waals surface area contributed by atoms with Crippen molar-refractivity contribution in [1.82, 2.24) is 24.9 Å². The van der Waals surface area contributed by atoms with Gasteiger partial charge in [-0.15, -0.1) is 0 Å². The van der Waals surface area contributed by atoms with E-state index in [9.17, 15) is 0 Å². The molecule has 0 amide bonds. The molecule has 1 unspecified atom stereocenters. The Morgan fingerprint density at radius 2 is 2.12 bits per heavy atom. The maximum Gasteiger partial charge on any atom is 0.0537 e. The molecule has 0 bridgehead atoms. The smallest absolute Gasteiger partial charge is 0.0537 e. The van der Waals surface area contributed by atoms with Gasteiger partial charge in [0.15, 0.2) is 0 Å². The topological polar surface area (TPSA) is 47.7 Å². The molecule has 0 aliphatic heterocycles. The van der Waals surface area contributed by atoms with Crippen LogP contribution in [0.4, 0.5) is 0 Å². The molecule has 0 radical (unpaired) electrons. The molecular weight excluding hydrogens is 214 g/mol.